The molecule has 0 saturated heterocycles. The standard InChI is InChI=1S/C24H19N4O6P/c1-13-24(29)18(14(10-26-13)12-33-35(30,31)32)11-27-15-6-7-20-21(8-15)34-22-9-19(25)16-4-2-3-5-17(16)23(22)28-20/h2-11,25,29H,12H2,1H3,(H2,30,31,32). The Morgan fingerprint density at radius 1 is 1.17 bits per heavy atom. The summed E-state index contributed by atoms with van der Waals surface area (Å²) in [5.41, 5.74) is 3.03. The Balaban J connectivity index is 1.56. The third-order valence-corrected chi connectivity index (χ3v) is 5.93. The molecule has 0 amide bonds. The minimum absolute atomic E-state index is 0.173. The summed E-state index contributed by atoms with van der Waals surface area (Å²) < 4.78 is 21.7. The molecule has 0 radical (unpaired) electrons. The smallest absolute Gasteiger partial charge is 0.469 e. The number of phosphoric acid groups is 1. The zero-order valence-corrected chi connectivity index (χ0v) is 19.2. The van der Waals surface area contributed by atoms with Gasteiger partial charge < -0.3 is 24.7 Å². The number of rotatable bonds is 5. The first-order valence-corrected chi connectivity index (χ1v) is 12.0. The second-order valence-corrected chi connectivity index (χ2v) is 9.08. The minimum atomic E-state index is -4.71. The van der Waals surface area contributed by atoms with E-state index in [2.05, 4.69) is 14.5 Å². The molecule has 0 atom stereocenters. The summed E-state index contributed by atoms with van der Waals surface area (Å²) in [6.45, 7) is 1.13. The average Bonchev–Trinajstić information content (AvgIpc) is 2.82. The number of nitrogens with zero attached hydrogens (tertiary/aromatic N) is 3. The first-order valence-electron chi connectivity index (χ1n) is 10.4. The number of aliphatic imine (C=N–C) groups is 1. The number of benzene rings is 3. The first kappa shape index (κ1) is 22.8. The summed E-state index contributed by atoms with van der Waals surface area (Å²) >= 11 is 0. The number of hydrogen-bond acceptors (Lipinski definition) is 8. The Kier molecular flexibility index (Phi) is 5.66. The molecule has 1 aromatic heterocycles. The second kappa shape index (κ2) is 8.68. The number of hydrogen-bond donors (Lipinski definition) is 4. The number of fused-ring (bicyclic) bond motifs is 4. The molecule has 2 aromatic carbocycles. The number of aromatic nitrogens is 2. The summed E-state index contributed by atoms with van der Waals surface area (Å²) in [5, 5.41) is 20.7. The van der Waals surface area contributed by atoms with Gasteiger partial charge in [-0.1, -0.05) is 24.3 Å². The molecule has 1 aliphatic heterocycles. The van der Waals surface area contributed by atoms with E-state index in [0.29, 0.717) is 39.3 Å². The summed E-state index contributed by atoms with van der Waals surface area (Å²) in [5.74, 6) is 0.301. The highest BCUT2D eigenvalue weighted by Crippen LogP contribution is 2.38. The molecule has 0 unspecified atom stereocenters. The van der Waals surface area contributed by atoms with Gasteiger partial charge in [-0.3, -0.25) is 14.5 Å². The molecule has 5 rings (SSSR count). The number of aryl methyl sites for hydroxylation is 1. The molecular weight excluding hydrogens is 471 g/mol. The zero-order valence-electron chi connectivity index (χ0n) is 18.3. The van der Waals surface area contributed by atoms with Crippen molar-refractivity contribution in [1.29, 1.82) is 5.41 Å². The fourth-order valence-electron chi connectivity index (χ4n) is 3.73. The molecule has 0 bridgehead atoms. The molecule has 3 aromatic rings. The van der Waals surface area contributed by atoms with Crippen molar-refractivity contribution in [3.8, 4) is 17.2 Å². The highest BCUT2D eigenvalue weighted by atomic mass is 31.2. The second-order valence-electron chi connectivity index (χ2n) is 7.84. The van der Waals surface area contributed by atoms with Crippen molar-refractivity contribution in [3.05, 3.63) is 76.9 Å². The Hall–Kier alpha value is -3.95. The Morgan fingerprint density at radius 3 is 2.71 bits per heavy atom. The van der Waals surface area contributed by atoms with Gasteiger partial charge in [-0.05, 0) is 19.1 Å². The topological polar surface area (TPSA) is 162 Å². The number of aromatic hydroxyl groups is 1. The van der Waals surface area contributed by atoms with E-state index < -0.39 is 14.4 Å². The molecule has 176 valence electrons. The van der Waals surface area contributed by atoms with Crippen molar-refractivity contribution in [2.45, 2.75) is 13.5 Å². The lowest BCUT2D eigenvalue weighted by Crippen LogP contribution is -2.03. The lowest BCUT2D eigenvalue weighted by molar-refractivity contribution is 0.188. The molecule has 2 aliphatic rings. The predicted octanol–water partition coefficient (Wildman–Crippen LogP) is 4.33. The lowest BCUT2D eigenvalue weighted by Gasteiger charge is -2.11. The van der Waals surface area contributed by atoms with E-state index in [4.69, 9.17) is 24.6 Å². The quantitative estimate of drug-likeness (QED) is 0.122. The third-order valence-electron chi connectivity index (χ3n) is 5.47. The van der Waals surface area contributed by atoms with Crippen molar-refractivity contribution >= 4 is 41.6 Å². The van der Waals surface area contributed by atoms with Crippen LogP contribution in [0.3, 0.4) is 0 Å². The molecule has 0 spiro atoms. The van der Waals surface area contributed by atoms with Crippen molar-refractivity contribution in [2.75, 3.05) is 0 Å². The highest BCUT2D eigenvalue weighted by Gasteiger charge is 2.18. The Morgan fingerprint density at radius 2 is 1.94 bits per heavy atom. The van der Waals surface area contributed by atoms with Crippen molar-refractivity contribution in [3.63, 3.8) is 0 Å². The van der Waals surface area contributed by atoms with Gasteiger partial charge in [0.2, 0.25) is 0 Å². The van der Waals surface area contributed by atoms with Crippen LogP contribution in [0, 0.1) is 12.3 Å². The van der Waals surface area contributed by atoms with E-state index in [0.717, 1.165) is 10.8 Å². The van der Waals surface area contributed by atoms with Gasteiger partial charge in [-0.2, -0.15) is 0 Å². The zero-order chi connectivity index (χ0) is 24.7. The third kappa shape index (κ3) is 4.55. The molecule has 2 heterocycles. The van der Waals surface area contributed by atoms with Crippen molar-refractivity contribution in [1.82, 2.24) is 9.97 Å². The monoisotopic (exact) mass is 490 g/mol. The van der Waals surface area contributed by atoms with Crippen LogP contribution in [0.15, 0.2) is 64.1 Å². The van der Waals surface area contributed by atoms with Gasteiger partial charge in [0.15, 0.2) is 11.3 Å². The van der Waals surface area contributed by atoms with Crippen LogP contribution in [0.2, 0.25) is 0 Å². The van der Waals surface area contributed by atoms with Crippen LogP contribution < -0.4 is 5.36 Å². The van der Waals surface area contributed by atoms with Gasteiger partial charge in [0.1, 0.15) is 17.0 Å². The van der Waals surface area contributed by atoms with E-state index >= 15 is 0 Å². The molecule has 11 heteroatoms. The molecule has 0 fully saturated rings. The molecular formula is C24H19N4O6P. The van der Waals surface area contributed by atoms with Crippen LogP contribution in [0.5, 0.6) is 5.75 Å². The van der Waals surface area contributed by atoms with Gasteiger partial charge in [0, 0.05) is 46.4 Å². The molecule has 0 saturated carbocycles. The van der Waals surface area contributed by atoms with E-state index in [-0.39, 0.29) is 16.9 Å². The van der Waals surface area contributed by atoms with Gasteiger partial charge >= 0.3 is 7.82 Å². The van der Waals surface area contributed by atoms with Crippen molar-refractivity contribution < 1.29 is 28.4 Å². The van der Waals surface area contributed by atoms with Gasteiger partial charge in [-0.25, -0.2) is 9.55 Å². The highest BCUT2D eigenvalue weighted by molar-refractivity contribution is 7.46. The maximum absolute atomic E-state index is 11.1. The van der Waals surface area contributed by atoms with Gasteiger partial charge in [0.05, 0.1) is 23.3 Å². The number of nitrogens with one attached hydrogen (secondary N) is 1. The van der Waals surface area contributed by atoms with Crippen LogP contribution in [0.25, 0.3) is 33.3 Å². The van der Waals surface area contributed by atoms with Gasteiger partial charge in [-0.15, -0.1) is 0 Å². The van der Waals surface area contributed by atoms with E-state index in [1.54, 1.807) is 31.2 Å². The Bertz CT molecular complexity index is 1710. The minimum Gasteiger partial charge on any atom is -0.505 e. The molecule has 35 heavy (non-hydrogen) atoms. The maximum atomic E-state index is 11.1. The molecule has 4 N–H and O–H groups in total. The molecule has 1 aliphatic carbocycles. The first-order chi connectivity index (χ1) is 16.7. The SMILES string of the molecule is Cc1ncc(COP(=O)(O)O)c(C=Nc2ccc3nc4c5ccccc5c(=N)cc-4oc3c2)c1O. The lowest BCUT2D eigenvalue weighted by atomic mass is 10.0. The van der Waals surface area contributed by atoms with Crippen molar-refractivity contribution in [2.24, 2.45) is 4.99 Å². The van der Waals surface area contributed by atoms with Gasteiger partial charge in [0.25, 0.3) is 0 Å². The Labute approximate surface area is 198 Å². The summed E-state index contributed by atoms with van der Waals surface area (Å²) in [7, 11) is -4.71. The van der Waals surface area contributed by atoms with Crippen LogP contribution in [-0.4, -0.2) is 31.1 Å². The van der Waals surface area contributed by atoms with E-state index in [9.17, 15) is 9.67 Å². The predicted molar refractivity (Wildman–Crippen MR) is 129 cm³/mol. The normalized spacial score (nSPS) is 12.3. The maximum Gasteiger partial charge on any atom is 0.469 e. The fraction of sp³-hybridized carbons (Fsp3) is 0.0833. The number of pyridine rings is 1. The average molecular weight is 490 g/mol. The molecule has 10 nitrogen and oxygen atoms in total. The van der Waals surface area contributed by atoms with Crippen LogP contribution in [-0.2, 0) is 15.7 Å². The summed E-state index contributed by atoms with van der Waals surface area (Å²) in [4.78, 5) is 31.1. The van der Waals surface area contributed by atoms with Crippen LogP contribution >= 0.6 is 7.82 Å². The van der Waals surface area contributed by atoms with E-state index in [1.807, 2.05) is 24.3 Å². The summed E-state index contributed by atoms with van der Waals surface area (Å²) in [6.07, 6.45) is 2.73. The largest absolute Gasteiger partial charge is 0.505 e. The summed E-state index contributed by atoms with van der Waals surface area (Å²) in [6, 6.07) is 14.3. The van der Waals surface area contributed by atoms with Crippen LogP contribution in [0.1, 0.15) is 16.8 Å². The fourth-order valence-corrected chi connectivity index (χ4v) is 4.04. The number of phosphoric ester groups is 1. The van der Waals surface area contributed by atoms with E-state index in [1.165, 1.54) is 12.4 Å². The van der Waals surface area contributed by atoms with Crippen LogP contribution in [0.4, 0.5) is 5.69 Å².